The van der Waals surface area contributed by atoms with E-state index in [2.05, 4.69) is 15.6 Å². The number of alkyl halides is 3. The number of hydrogen-bond acceptors (Lipinski definition) is 6. The van der Waals surface area contributed by atoms with Gasteiger partial charge in [0, 0.05) is 29.5 Å². The van der Waals surface area contributed by atoms with Gasteiger partial charge in [-0.2, -0.15) is 13.2 Å². The van der Waals surface area contributed by atoms with Crippen molar-refractivity contribution in [3.05, 3.63) is 23.2 Å². The monoisotopic (exact) mass is 479 g/mol. The minimum absolute atomic E-state index is 0.0668. The summed E-state index contributed by atoms with van der Waals surface area (Å²) in [5.74, 6) is -2.83. The highest BCUT2D eigenvalue weighted by Gasteiger charge is 2.29. The predicted octanol–water partition coefficient (Wildman–Crippen LogP) is 1.86. The van der Waals surface area contributed by atoms with E-state index < -0.39 is 24.7 Å². The molecule has 2 atom stereocenters. The number of aliphatic carboxylic acids is 2. The van der Waals surface area contributed by atoms with Crippen molar-refractivity contribution in [3.8, 4) is 0 Å². The van der Waals surface area contributed by atoms with Crippen LogP contribution in [0.3, 0.4) is 0 Å². The standard InChI is InChI=1S/C13H20F3N7S.C4H4O4/c14-13(15,16)6-20-11(19)21-8-3-1-2-7(4-8)9-5-24-12(22-9)23-10(17)18;5-3(6)1-2-4(7)8/h5,7-8H,1-4,6H2,(H3,19,20,21)(H4,17,18,22,23);1-2H,(H,5,6)(H,7,8)/b;2-1-. The van der Waals surface area contributed by atoms with Gasteiger partial charge in [-0.05, 0) is 19.3 Å². The third-order valence-electron chi connectivity index (χ3n) is 4.04. The fourth-order valence-electron chi connectivity index (χ4n) is 2.82. The summed E-state index contributed by atoms with van der Waals surface area (Å²) in [5, 5.41) is 40.3. The number of carboxylic acid groups (broad SMARTS) is 2. The third-order valence-corrected chi connectivity index (χ3v) is 4.81. The van der Waals surface area contributed by atoms with Gasteiger partial charge in [0.1, 0.15) is 6.54 Å². The first-order chi connectivity index (χ1) is 14.9. The van der Waals surface area contributed by atoms with Gasteiger partial charge in [0.15, 0.2) is 17.1 Å². The quantitative estimate of drug-likeness (QED) is 0.170. The number of rotatable bonds is 6. The minimum Gasteiger partial charge on any atom is -0.478 e. The van der Waals surface area contributed by atoms with Crippen molar-refractivity contribution in [3.63, 3.8) is 0 Å². The first-order valence-electron chi connectivity index (χ1n) is 9.21. The van der Waals surface area contributed by atoms with Crippen LogP contribution in [0.15, 0.2) is 17.5 Å². The Morgan fingerprint density at radius 2 is 1.88 bits per heavy atom. The SMILES string of the molecule is N=C(N)Nc1nc(C2CCCC(NC(=N)NCC(F)(F)F)C2)cs1.O=C(O)/C=C\C(=O)O. The summed E-state index contributed by atoms with van der Waals surface area (Å²) >= 11 is 1.35. The second-order valence-electron chi connectivity index (χ2n) is 6.67. The normalized spacial score (nSPS) is 18.2. The van der Waals surface area contributed by atoms with Crippen LogP contribution in [0.25, 0.3) is 0 Å². The maximum Gasteiger partial charge on any atom is 0.405 e. The van der Waals surface area contributed by atoms with E-state index in [1.807, 2.05) is 10.7 Å². The van der Waals surface area contributed by atoms with E-state index >= 15 is 0 Å². The van der Waals surface area contributed by atoms with Gasteiger partial charge in [0.25, 0.3) is 0 Å². The molecule has 1 saturated carbocycles. The second kappa shape index (κ2) is 12.5. The van der Waals surface area contributed by atoms with Crippen molar-refractivity contribution >= 4 is 40.3 Å². The van der Waals surface area contributed by atoms with Crippen molar-refractivity contribution < 1.29 is 33.0 Å². The lowest BCUT2D eigenvalue weighted by Crippen LogP contribution is -2.46. The van der Waals surface area contributed by atoms with Crippen molar-refractivity contribution in [1.82, 2.24) is 15.6 Å². The molecule has 1 aromatic rings. The zero-order valence-corrected chi connectivity index (χ0v) is 17.5. The molecule has 1 aromatic heterocycles. The highest BCUT2D eigenvalue weighted by molar-refractivity contribution is 7.13. The van der Waals surface area contributed by atoms with Crippen LogP contribution < -0.4 is 21.7 Å². The Kier molecular flexibility index (Phi) is 10.4. The van der Waals surface area contributed by atoms with Crippen molar-refractivity contribution in [1.29, 1.82) is 10.8 Å². The predicted molar refractivity (Wildman–Crippen MR) is 112 cm³/mol. The Hall–Kier alpha value is -3.36. The number of nitrogens with two attached hydrogens (primary N) is 1. The summed E-state index contributed by atoms with van der Waals surface area (Å²) in [6.45, 7) is -1.22. The van der Waals surface area contributed by atoms with Gasteiger partial charge in [0.2, 0.25) is 0 Å². The number of nitrogens with one attached hydrogen (secondary N) is 5. The van der Waals surface area contributed by atoms with Crippen molar-refractivity contribution in [2.75, 3.05) is 11.9 Å². The van der Waals surface area contributed by atoms with Gasteiger partial charge >= 0.3 is 18.1 Å². The average molecular weight is 479 g/mol. The number of carbonyl (C=O) groups is 2. The van der Waals surface area contributed by atoms with Gasteiger partial charge < -0.3 is 31.9 Å². The molecular formula is C17H24F3N7O4S. The fraction of sp³-hybridized carbons (Fsp3) is 0.471. The Labute approximate surface area is 184 Å². The maximum atomic E-state index is 12.1. The summed E-state index contributed by atoms with van der Waals surface area (Å²) in [6, 6.07) is -0.0668. The second-order valence-corrected chi connectivity index (χ2v) is 7.53. The molecular weight excluding hydrogens is 455 g/mol. The third kappa shape index (κ3) is 11.7. The molecule has 0 saturated heterocycles. The summed E-state index contributed by atoms with van der Waals surface area (Å²) in [7, 11) is 0. The molecule has 1 heterocycles. The molecule has 1 aliphatic rings. The summed E-state index contributed by atoms with van der Waals surface area (Å²) in [4.78, 5) is 23.5. The number of nitrogens with zero attached hydrogens (tertiary/aromatic N) is 1. The highest BCUT2D eigenvalue weighted by atomic mass is 32.1. The molecule has 1 fully saturated rings. The molecule has 0 amide bonds. The molecule has 11 nitrogen and oxygen atoms in total. The van der Waals surface area contributed by atoms with Gasteiger partial charge in [-0.1, -0.05) is 6.42 Å². The average Bonchev–Trinajstić information content (AvgIpc) is 3.13. The Balaban J connectivity index is 0.000000547. The molecule has 32 heavy (non-hydrogen) atoms. The zero-order chi connectivity index (χ0) is 24.3. The number of hydrogen-bond donors (Lipinski definition) is 8. The van der Waals surface area contributed by atoms with Crippen LogP contribution in [0.4, 0.5) is 18.3 Å². The Bertz CT molecular complexity index is 828. The van der Waals surface area contributed by atoms with E-state index in [0.717, 1.165) is 25.0 Å². The molecule has 2 unspecified atom stereocenters. The van der Waals surface area contributed by atoms with Crippen LogP contribution in [-0.2, 0) is 9.59 Å². The lowest BCUT2D eigenvalue weighted by Gasteiger charge is -2.29. The molecule has 0 radical (unpaired) electrons. The first-order valence-corrected chi connectivity index (χ1v) is 10.1. The van der Waals surface area contributed by atoms with E-state index in [1.54, 1.807) is 0 Å². The van der Waals surface area contributed by atoms with E-state index in [9.17, 15) is 22.8 Å². The van der Waals surface area contributed by atoms with Gasteiger partial charge in [-0.15, -0.1) is 11.3 Å². The zero-order valence-electron chi connectivity index (χ0n) is 16.7. The molecule has 0 bridgehead atoms. The number of aromatic nitrogens is 1. The lowest BCUT2D eigenvalue weighted by atomic mass is 9.84. The van der Waals surface area contributed by atoms with E-state index in [1.165, 1.54) is 11.3 Å². The smallest absolute Gasteiger partial charge is 0.405 e. The van der Waals surface area contributed by atoms with Crippen LogP contribution >= 0.6 is 11.3 Å². The summed E-state index contributed by atoms with van der Waals surface area (Å²) < 4.78 is 36.4. The summed E-state index contributed by atoms with van der Waals surface area (Å²) in [6.07, 6.45) is 0.107. The van der Waals surface area contributed by atoms with Crippen LogP contribution in [0.2, 0.25) is 0 Å². The molecule has 1 aliphatic carbocycles. The Morgan fingerprint density at radius 3 is 2.41 bits per heavy atom. The maximum absolute atomic E-state index is 12.1. The number of thiazole rings is 1. The molecule has 9 N–H and O–H groups in total. The summed E-state index contributed by atoms with van der Waals surface area (Å²) in [5.41, 5.74) is 6.15. The van der Waals surface area contributed by atoms with Gasteiger partial charge in [-0.3, -0.25) is 10.8 Å². The van der Waals surface area contributed by atoms with E-state index in [0.29, 0.717) is 23.7 Å². The van der Waals surface area contributed by atoms with Crippen molar-refractivity contribution in [2.24, 2.45) is 5.73 Å². The van der Waals surface area contributed by atoms with Crippen LogP contribution in [-0.4, -0.2) is 57.8 Å². The largest absolute Gasteiger partial charge is 0.478 e. The van der Waals surface area contributed by atoms with Crippen LogP contribution in [0.5, 0.6) is 0 Å². The number of halogens is 3. The highest BCUT2D eigenvalue weighted by Crippen LogP contribution is 2.34. The van der Waals surface area contributed by atoms with E-state index in [4.69, 9.17) is 26.8 Å². The topological polar surface area (TPSA) is 197 Å². The number of carboxylic acids is 2. The molecule has 0 aromatic carbocycles. The number of guanidine groups is 2. The van der Waals surface area contributed by atoms with E-state index in [-0.39, 0.29) is 23.9 Å². The number of anilines is 1. The molecule has 0 aliphatic heterocycles. The fourth-order valence-corrected chi connectivity index (χ4v) is 3.63. The molecule has 2 rings (SSSR count). The molecule has 178 valence electrons. The minimum atomic E-state index is -4.34. The molecule has 15 heteroatoms. The van der Waals surface area contributed by atoms with Crippen LogP contribution in [0, 0.1) is 10.8 Å². The van der Waals surface area contributed by atoms with Gasteiger partial charge in [-0.25, -0.2) is 14.6 Å². The lowest BCUT2D eigenvalue weighted by molar-refractivity contribution is -0.134. The molecule has 0 spiro atoms. The van der Waals surface area contributed by atoms with Gasteiger partial charge in [0.05, 0.1) is 5.69 Å². The van der Waals surface area contributed by atoms with Crippen LogP contribution in [0.1, 0.15) is 37.3 Å². The Morgan fingerprint density at radius 1 is 1.25 bits per heavy atom. The first kappa shape index (κ1) is 26.7. The van der Waals surface area contributed by atoms with Crippen molar-refractivity contribution in [2.45, 2.75) is 43.8 Å².